The van der Waals surface area contributed by atoms with Crippen LogP contribution in [0.25, 0.3) is 11.0 Å². The number of imidazole rings is 1. The number of benzene rings is 2. The van der Waals surface area contributed by atoms with E-state index < -0.39 is 0 Å². The smallest absolute Gasteiger partial charge is 0.253 e. The van der Waals surface area contributed by atoms with E-state index in [1.165, 1.54) is 24.0 Å². The maximum absolute atomic E-state index is 13.0. The second-order valence-corrected chi connectivity index (χ2v) is 8.00. The summed E-state index contributed by atoms with van der Waals surface area (Å²) in [6.45, 7) is 7.60. The minimum absolute atomic E-state index is 0.0905. The van der Waals surface area contributed by atoms with Crippen molar-refractivity contribution >= 4 is 16.9 Å². The highest BCUT2D eigenvalue weighted by atomic mass is 16.2. The van der Waals surface area contributed by atoms with Gasteiger partial charge in [0.15, 0.2) is 0 Å². The lowest BCUT2D eigenvalue weighted by Gasteiger charge is -2.24. The zero-order chi connectivity index (χ0) is 20.2. The molecule has 2 N–H and O–H groups in total. The van der Waals surface area contributed by atoms with Crippen molar-refractivity contribution in [1.82, 2.24) is 20.2 Å². The number of H-pyrrole nitrogens is 1. The first-order chi connectivity index (χ1) is 14.1. The van der Waals surface area contributed by atoms with E-state index in [0.717, 1.165) is 41.9 Å². The van der Waals surface area contributed by atoms with Gasteiger partial charge in [-0.05, 0) is 74.5 Å². The van der Waals surface area contributed by atoms with Crippen LogP contribution in [0.4, 0.5) is 0 Å². The summed E-state index contributed by atoms with van der Waals surface area (Å²) in [5, 5.41) is 3.46. The number of likely N-dealkylation sites (N-methyl/N-ethyl adjacent to an activating group) is 1. The highest BCUT2D eigenvalue weighted by Gasteiger charge is 2.18. The molecule has 0 unspecified atom stereocenters. The van der Waals surface area contributed by atoms with Crippen LogP contribution in [0.5, 0.6) is 0 Å². The average Bonchev–Trinajstić information content (AvgIpc) is 3.16. The number of fused-ring (bicyclic) bond motifs is 1. The summed E-state index contributed by atoms with van der Waals surface area (Å²) in [5.74, 6) is 1.58. The first-order valence-corrected chi connectivity index (χ1v) is 10.7. The number of hydrogen-bond acceptors (Lipinski definition) is 3. The van der Waals surface area contributed by atoms with Gasteiger partial charge in [-0.2, -0.15) is 0 Å². The van der Waals surface area contributed by atoms with Crippen molar-refractivity contribution in [3.8, 4) is 0 Å². The number of rotatable bonds is 6. The highest BCUT2D eigenvalue weighted by molar-refractivity contribution is 5.94. The second-order valence-electron chi connectivity index (χ2n) is 8.00. The third-order valence-electron chi connectivity index (χ3n) is 5.90. The number of nitrogens with one attached hydrogen (secondary N) is 2. The van der Waals surface area contributed by atoms with Crippen molar-refractivity contribution in [3.05, 3.63) is 65.0 Å². The molecule has 152 valence electrons. The molecule has 29 heavy (non-hydrogen) atoms. The lowest BCUT2D eigenvalue weighted by Crippen LogP contribution is -2.33. The van der Waals surface area contributed by atoms with Crippen LogP contribution in [0.15, 0.2) is 42.5 Å². The summed E-state index contributed by atoms with van der Waals surface area (Å²) < 4.78 is 0. The molecule has 2 heterocycles. The number of hydrogen-bond donors (Lipinski definition) is 2. The first kappa shape index (κ1) is 19.6. The Balaban J connectivity index is 1.40. The van der Waals surface area contributed by atoms with E-state index in [1.54, 1.807) is 0 Å². The Hall–Kier alpha value is -2.66. The number of aryl methyl sites for hydroxylation is 1. The Morgan fingerprint density at radius 2 is 2.03 bits per heavy atom. The van der Waals surface area contributed by atoms with E-state index in [4.69, 9.17) is 0 Å². The molecule has 0 bridgehead atoms. The molecule has 2 aromatic carbocycles. The number of aromatic amines is 1. The van der Waals surface area contributed by atoms with Crippen LogP contribution in [0.1, 0.15) is 53.0 Å². The summed E-state index contributed by atoms with van der Waals surface area (Å²) >= 11 is 0. The minimum atomic E-state index is 0.0905. The number of amides is 1. The third kappa shape index (κ3) is 4.51. The van der Waals surface area contributed by atoms with Gasteiger partial charge in [0.25, 0.3) is 5.91 Å². The van der Waals surface area contributed by atoms with Gasteiger partial charge in [0, 0.05) is 31.6 Å². The summed E-state index contributed by atoms with van der Waals surface area (Å²) in [7, 11) is 0. The highest BCUT2D eigenvalue weighted by Crippen LogP contribution is 2.23. The molecule has 1 aliphatic rings. The maximum Gasteiger partial charge on any atom is 0.253 e. The molecular weight excluding hydrogens is 360 g/mol. The molecule has 0 aliphatic carbocycles. The van der Waals surface area contributed by atoms with Crippen molar-refractivity contribution in [3.63, 3.8) is 0 Å². The second kappa shape index (κ2) is 8.78. The Morgan fingerprint density at radius 1 is 1.21 bits per heavy atom. The number of nitrogens with zero attached hydrogens (tertiary/aromatic N) is 2. The van der Waals surface area contributed by atoms with Gasteiger partial charge in [0.05, 0.1) is 11.0 Å². The predicted molar refractivity (Wildman–Crippen MR) is 117 cm³/mol. The predicted octanol–water partition coefficient (Wildman–Crippen LogP) is 4.04. The van der Waals surface area contributed by atoms with E-state index >= 15 is 0 Å². The molecule has 1 atom stereocenters. The largest absolute Gasteiger partial charge is 0.342 e. The van der Waals surface area contributed by atoms with Crippen LogP contribution < -0.4 is 5.32 Å². The van der Waals surface area contributed by atoms with Gasteiger partial charge in [0.1, 0.15) is 5.82 Å². The fourth-order valence-electron chi connectivity index (χ4n) is 4.16. The molecule has 0 spiro atoms. The molecule has 1 aromatic heterocycles. The molecular formula is C24H30N4O. The number of piperidine rings is 1. The van der Waals surface area contributed by atoms with E-state index in [2.05, 4.69) is 46.5 Å². The fourth-order valence-corrected chi connectivity index (χ4v) is 4.16. The zero-order valence-corrected chi connectivity index (χ0v) is 17.4. The molecule has 3 aromatic rings. The van der Waals surface area contributed by atoms with E-state index in [1.807, 2.05) is 30.0 Å². The normalized spacial score (nSPS) is 16.8. The van der Waals surface area contributed by atoms with Crippen LogP contribution in [0.3, 0.4) is 0 Å². The molecule has 0 radical (unpaired) electrons. The van der Waals surface area contributed by atoms with Crippen LogP contribution in [0.2, 0.25) is 0 Å². The number of carbonyl (C=O) groups is 1. The lowest BCUT2D eigenvalue weighted by atomic mass is 9.91. The van der Waals surface area contributed by atoms with Gasteiger partial charge in [-0.1, -0.05) is 18.2 Å². The van der Waals surface area contributed by atoms with Crippen molar-refractivity contribution in [2.24, 2.45) is 0 Å². The van der Waals surface area contributed by atoms with Gasteiger partial charge in [0.2, 0.25) is 0 Å². The number of aromatic nitrogens is 2. The van der Waals surface area contributed by atoms with E-state index in [9.17, 15) is 4.79 Å². The molecule has 5 heteroatoms. The Morgan fingerprint density at radius 3 is 2.76 bits per heavy atom. The van der Waals surface area contributed by atoms with Gasteiger partial charge >= 0.3 is 0 Å². The van der Waals surface area contributed by atoms with Crippen molar-refractivity contribution in [1.29, 1.82) is 0 Å². The maximum atomic E-state index is 13.0. The molecule has 5 nitrogen and oxygen atoms in total. The standard InChI is InChI=1S/C24H30N4O/c1-3-28(14-12-23-26-21-11-6-17(2)15-22(21)27-23)24(29)19-9-7-18(8-10-19)20-5-4-13-25-16-20/h6-11,15,20,25H,3-5,12-14,16H2,1-2H3,(H,26,27)/t20-/m1/s1. The monoisotopic (exact) mass is 390 g/mol. The van der Waals surface area contributed by atoms with Crippen LogP contribution in [-0.4, -0.2) is 47.0 Å². The third-order valence-corrected chi connectivity index (χ3v) is 5.90. The topological polar surface area (TPSA) is 61.0 Å². The van der Waals surface area contributed by atoms with Gasteiger partial charge in [-0.3, -0.25) is 4.79 Å². The minimum Gasteiger partial charge on any atom is -0.342 e. The summed E-state index contributed by atoms with van der Waals surface area (Å²) in [6, 6.07) is 14.4. The summed E-state index contributed by atoms with van der Waals surface area (Å²) in [5.41, 5.74) is 5.34. The number of carbonyl (C=O) groups excluding carboxylic acids is 1. The average molecular weight is 391 g/mol. The summed E-state index contributed by atoms with van der Waals surface area (Å²) in [4.78, 5) is 22.9. The van der Waals surface area contributed by atoms with Gasteiger partial charge in [-0.15, -0.1) is 0 Å². The van der Waals surface area contributed by atoms with Gasteiger partial charge < -0.3 is 15.2 Å². The molecule has 1 amide bonds. The molecule has 1 aliphatic heterocycles. The Bertz CT molecular complexity index is 970. The fraction of sp³-hybridized carbons (Fsp3) is 0.417. The quantitative estimate of drug-likeness (QED) is 0.668. The van der Waals surface area contributed by atoms with Crippen molar-refractivity contribution in [2.75, 3.05) is 26.2 Å². The van der Waals surface area contributed by atoms with E-state index in [0.29, 0.717) is 19.0 Å². The molecule has 0 saturated carbocycles. The van der Waals surface area contributed by atoms with E-state index in [-0.39, 0.29) is 5.91 Å². The summed E-state index contributed by atoms with van der Waals surface area (Å²) in [6.07, 6.45) is 3.16. The lowest BCUT2D eigenvalue weighted by molar-refractivity contribution is 0.0765. The Kier molecular flexibility index (Phi) is 5.95. The van der Waals surface area contributed by atoms with Crippen molar-refractivity contribution in [2.45, 2.75) is 39.0 Å². The SMILES string of the molecule is CCN(CCc1nc2ccc(C)cc2[nH]1)C(=O)c1ccc([C@@H]2CCCNC2)cc1. The molecule has 1 fully saturated rings. The first-order valence-electron chi connectivity index (χ1n) is 10.7. The molecule has 1 saturated heterocycles. The van der Waals surface area contributed by atoms with Crippen LogP contribution in [0, 0.1) is 6.92 Å². The zero-order valence-electron chi connectivity index (χ0n) is 17.4. The Labute approximate surface area is 172 Å². The van der Waals surface area contributed by atoms with Crippen molar-refractivity contribution < 1.29 is 4.79 Å². The molecule has 4 rings (SSSR count). The van der Waals surface area contributed by atoms with Crippen LogP contribution >= 0.6 is 0 Å². The van der Waals surface area contributed by atoms with Gasteiger partial charge in [-0.25, -0.2) is 4.98 Å². The van der Waals surface area contributed by atoms with Crippen LogP contribution in [-0.2, 0) is 6.42 Å².